The van der Waals surface area contributed by atoms with Gasteiger partial charge in [0.2, 0.25) is 5.91 Å². The van der Waals surface area contributed by atoms with Gasteiger partial charge in [-0.3, -0.25) is 4.79 Å². The molecule has 0 aromatic heterocycles. The Hall–Kier alpha value is -2.32. The minimum Gasteiger partial charge on any atom is -0.497 e. The number of carbonyl (C=O) groups excluding carboxylic acids is 2. The first-order valence-corrected chi connectivity index (χ1v) is 10.8. The number of hydrogen-bond donors (Lipinski definition) is 3. The lowest BCUT2D eigenvalue weighted by molar-refractivity contribution is -0.142. The maximum absolute atomic E-state index is 13.0. The van der Waals surface area contributed by atoms with Crippen LogP contribution < -0.4 is 15.4 Å². The van der Waals surface area contributed by atoms with Crippen LogP contribution in [0.1, 0.15) is 31.2 Å². The zero-order chi connectivity index (χ0) is 21.5. The molecule has 30 heavy (non-hydrogen) atoms. The van der Waals surface area contributed by atoms with Crippen molar-refractivity contribution in [3.8, 4) is 5.75 Å². The number of piperazine rings is 1. The molecule has 166 valence electrons. The van der Waals surface area contributed by atoms with Gasteiger partial charge >= 0.3 is 6.03 Å². The van der Waals surface area contributed by atoms with Gasteiger partial charge in [0, 0.05) is 38.1 Å². The Kier molecular flexibility index (Phi) is 7.93. The van der Waals surface area contributed by atoms with Crippen molar-refractivity contribution in [2.45, 2.75) is 44.3 Å². The van der Waals surface area contributed by atoms with Crippen molar-refractivity contribution in [2.24, 2.45) is 5.92 Å². The summed E-state index contributed by atoms with van der Waals surface area (Å²) in [5, 5.41) is 15.6. The predicted octanol–water partition coefficient (Wildman–Crippen LogP) is 1.19. The van der Waals surface area contributed by atoms with Crippen LogP contribution in [0.2, 0.25) is 0 Å². The lowest BCUT2D eigenvalue weighted by Crippen LogP contribution is -2.57. The maximum Gasteiger partial charge on any atom is 0.315 e. The summed E-state index contributed by atoms with van der Waals surface area (Å²) < 4.78 is 5.14. The van der Waals surface area contributed by atoms with Crippen LogP contribution in [0, 0.1) is 5.92 Å². The van der Waals surface area contributed by atoms with Gasteiger partial charge in [-0.15, -0.1) is 0 Å². The first-order valence-electron chi connectivity index (χ1n) is 10.8. The molecular weight excluding hydrogens is 384 g/mol. The smallest absolute Gasteiger partial charge is 0.315 e. The number of rotatable bonds is 6. The van der Waals surface area contributed by atoms with Crippen molar-refractivity contribution < 1.29 is 19.4 Å². The predicted molar refractivity (Wildman–Crippen MR) is 114 cm³/mol. The largest absolute Gasteiger partial charge is 0.497 e. The molecule has 1 atom stereocenters. The molecule has 2 aliphatic rings. The highest BCUT2D eigenvalue weighted by Gasteiger charge is 2.35. The van der Waals surface area contributed by atoms with Gasteiger partial charge in [0.1, 0.15) is 5.75 Å². The third-order valence-electron chi connectivity index (χ3n) is 6.20. The summed E-state index contributed by atoms with van der Waals surface area (Å²) in [6, 6.07) is 7.38. The summed E-state index contributed by atoms with van der Waals surface area (Å²) in [7, 11) is 3.64. The molecule has 0 radical (unpaired) electrons. The Morgan fingerprint density at radius 1 is 1.13 bits per heavy atom. The Labute approximate surface area is 178 Å². The minimum atomic E-state index is -0.181. The van der Waals surface area contributed by atoms with Crippen LogP contribution in [-0.4, -0.2) is 79.3 Å². The third kappa shape index (κ3) is 5.86. The number of benzene rings is 1. The topological polar surface area (TPSA) is 94.1 Å². The average Bonchev–Trinajstić information content (AvgIpc) is 2.78. The van der Waals surface area contributed by atoms with E-state index in [1.807, 2.05) is 36.2 Å². The molecule has 3 amide bonds. The SMILES string of the molecule is COc1ccc(CNC(=O)NC2CCC(C(=O)N3CCN(C)CC3CO)CC2)cc1. The highest BCUT2D eigenvalue weighted by molar-refractivity contribution is 5.79. The molecule has 0 spiro atoms. The number of urea groups is 1. The summed E-state index contributed by atoms with van der Waals surface area (Å²) >= 11 is 0. The lowest BCUT2D eigenvalue weighted by atomic mass is 9.84. The van der Waals surface area contributed by atoms with Crippen molar-refractivity contribution in [3.05, 3.63) is 29.8 Å². The highest BCUT2D eigenvalue weighted by atomic mass is 16.5. The first kappa shape index (κ1) is 22.4. The third-order valence-corrected chi connectivity index (χ3v) is 6.20. The van der Waals surface area contributed by atoms with Crippen LogP contribution in [0.3, 0.4) is 0 Å². The summed E-state index contributed by atoms with van der Waals surface area (Å²) in [4.78, 5) is 29.2. The van der Waals surface area contributed by atoms with Crippen molar-refractivity contribution in [3.63, 3.8) is 0 Å². The van der Waals surface area contributed by atoms with Crippen LogP contribution >= 0.6 is 0 Å². The summed E-state index contributed by atoms with van der Waals surface area (Å²) in [6.07, 6.45) is 3.13. The molecule has 1 aromatic rings. The Morgan fingerprint density at radius 3 is 2.47 bits per heavy atom. The average molecular weight is 419 g/mol. The quantitative estimate of drug-likeness (QED) is 0.645. The second-order valence-corrected chi connectivity index (χ2v) is 8.35. The number of nitrogens with one attached hydrogen (secondary N) is 2. The maximum atomic E-state index is 13.0. The van der Waals surface area contributed by atoms with E-state index < -0.39 is 0 Å². The summed E-state index contributed by atoms with van der Waals surface area (Å²) in [5.41, 5.74) is 1.01. The Balaban J connectivity index is 1.40. The monoisotopic (exact) mass is 418 g/mol. The number of nitrogens with zero attached hydrogens (tertiary/aromatic N) is 2. The van der Waals surface area contributed by atoms with Gasteiger partial charge in [-0.05, 0) is 50.4 Å². The number of amides is 3. The molecule has 1 saturated carbocycles. The molecule has 1 aliphatic carbocycles. The minimum absolute atomic E-state index is 0.00134. The zero-order valence-electron chi connectivity index (χ0n) is 18.0. The molecule has 1 saturated heterocycles. The number of carbonyl (C=O) groups is 2. The van der Waals surface area contributed by atoms with Gasteiger partial charge < -0.3 is 30.3 Å². The first-order chi connectivity index (χ1) is 14.5. The second-order valence-electron chi connectivity index (χ2n) is 8.35. The van der Waals surface area contributed by atoms with E-state index in [2.05, 4.69) is 15.5 Å². The number of methoxy groups -OCH3 is 1. The Morgan fingerprint density at radius 2 is 1.83 bits per heavy atom. The highest BCUT2D eigenvalue weighted by Crippen LogP contribution is 2.27. The molecule has 1 heterocycles. The van der Waals surface area contributed by atoms with Gasteiger partial charge in [-0.25, -0.2) is 4.79 Å². The van der Waals surface area contributed by atoms with E-state index in [1.165, 1.54) is 0 Å². The van der Waals surface area contributed by atoms with Gasteiger partial charge in [0.05, 0.1) is 19.8 Å². The summed E-state index contributed by atoms with van der Waals surface area (Å²) in [6.45, 7) is 2.68. The molecule has 8 heteroatoms. The van der Waals surface area contributed by atoms with E-state index in [-0.39, 0.29) is 36.5 Å². The van der Waals surface area contributed by atoms with E-state index in [1.54, 1.807) is 7.11 Å². The molecule has 3 rings (SSSR count). The van der Waals surface area contributed by atoms with Crippen LogP contribution in [0.5, 0.6) is 5.75 Å². The zero-order valence-corrected chi connectivity index (χ0v) is 18.0. The fourth-order valence-electron chi connectivity index (χ4n) is 4.34. The molecule has 1 aromatic carbocycles. The normalized spacial score (nSPS) is 24.9. The molecule has 2 fully saturated rings. The molecule has 3 N–H and O–H groups in total. The molecule has 0 bridgehead atoms. The van der Waals surface area contributed by atoms with E-state index in [4.69, 9.17) is 4.74 Å². The van der Waals surface area contributed by atoms with E-state index in [9.17, 15) is 14.7 Å². The van der Waals surface area contributed by atoms with Crippen molar-refractivity contribution in [2.75, 3.05) is 40.4 Å². The standard InChI is InChI=1S/C22H34N4O4/c1-25-11-12-26(19(14-25)15-27)21(28)17-5-7-18(8-6-17)24-22(29)23-13-16-3-9-20(30-2)10-4-16/h3-4,9-10,17-19,27H,5-8,11-15H2,1-2H3,(H2,23,24,29). The van der Waals surface area contributed by atoms with Crippen LogP contribution in [-0.2, 0) is 11.3 Å². The number of hydrogen-bond acceptors (Lipinski definition) is 5. The van der Waals surface area contributed by atoms with Gasteiger partial charge in [-0.2, -0.15) is 0 Å². The Bertz CT molecular complexity index is 704. The fourth-order valence-corrected chi connectivity index (χ4v) is 4.34. The number of aliphatic hydroxyl groups is 1. The number of likely N-dealkylation sites (N-methyl/N-ethyl adjacent to an activating group) is 1. The van der Waals surface area contributed by atoms with Gasteiger partial charge in [0.15, 0.2) is 0 Å². The van der Waals surface area contributed by atoms with Crippen molar-refractivity contribution in [1.82, 2.24) is 20.4 Å². The van der Waals surface area contributed by atoms with Crippen LogP contribution in [0.4, 0.5) is 4.79 Å². The molecule has 1 aliphatic heterocycles. The second kappa shape index (κ2) is 10.6. The van der Waals surface area contributed by atoms with E-state index in [0.29, 0.717) is 19.6 Å². The van der Waals surface area contributed by atoms with Crippen LogP contribution in [0.15, 0.2) is 24.3 Å². The lowest BCUT2D eigenvalue weighted by Gasteiger charge is -2.41. The van der Waals surface area contributed by atoms with E-state index >= 15 is 0 Å². The molecular formula is C22H34N4O4. The molecule has 1 unspecified atom stereocenters. The van der Waals surface area contributed by atoms with Gasteiger partial charge in [0.25, 0.3) is 0 Å². The number of ether oxygens (including phenoxy) is 1. The number of aliphatic hydroxyl groups excluding tert-OH is 1. The molecule has 8 nitrogen and oxygen atoms in total. The van der Waals surface area contributed by atoms with Crippen molar-refractivity contribution >= 4 is 11.9 Å². The van der Waals surface area contributed by atoms with Gasteiger partial charge in [-0.1, -0.05) is 12.1 Å². The van der Waals surface area contributed by atoms with Crippen LogP contribution in [0.25, 0.3) is 0 Å². The van der Waals surface area contributed by atoms with Crippen molar-refractivity contribution in [1.29, 1.82) is 0 Å². The fraction of sp³-hybridized carbons (Fsp3) is 0.636. The summed E-state index contributed by atoms with van der Waals surface area (Å²) in [5.74, 6) is 0.934. The van der Waals surface area contributed by atoms with E-state index in [0.717, 1.165) is 43.5 Å².